The average Bonchev–Trinajstić information content (AvgIpc) is 2.54. The standard InChI is InChI=1S/C17H22N2O5/c1-4-23-16(21)15(17(22)24-5-2)14-8-12-6-7-18-9-13(12)10-19(14)11(3)20/h6-7,9,14-15H,4-5,8,10H2,1-3H3. The Labute approximate surface area is 140 Å². The molecule has 0 radical (unpaired) electrons. The van der Waals surface area contributed by atoms with Gasteiger partial charge in [0.05, 0.1) is 19.3 Å². The highest BCUT2D eigenvalue weighted by atomic mass is 16.6. The monoisotopic (exact) mass is 334 g/mol. The van der Waals surface area contributed by atoms with E-state index in [-0.39, 0.29) is 19.1 Å². The summed E-state index contributed by atoms with van der Waals surface area (Å²) in [6.45, 7) is 5.37. The number of carbonyl (C=O) groups excluding carboxylic acids is 3. The maximum absolute atomic E-state index is 12.4. The van der Waals surface area contributed by atoms with Gasteiger partial charge in [-0.2, -0.15) is 0 Å². The highest BCUT2D eigenvalue weighted by Gasteiger charge is 2.43. The fourth-order valence-electron chi connectivity index (χ4n) is 2.95. The van der Waals surface area contributed by atoms with E-state index in [2.05, 4.69) is 4.98 Å². The summed E-state index contributed by atoms with van der Waals surface area (Å²) in [6, 6.07) is 1.21. The first kappa shape index (κ1) is 17.9. The molecular weight excluding hydrogens is 312 g/mol. The summed E-state index contributed by atoms with van der Waals surface area (Å²) in [5.74, 6) is -2.70. The van der Waals surface area contributed by atoms with Gasteiger partial charge in [-0.1, -0.05) is 0 Å². The van der Waals surface area contributed by atoms with Gasteiger partial charge in [-0.15, -0.1) is 0 Å². The Morgan fingerprint density at radius 2 is 1.83 bits per heavy atom. The van der Waals surface area contributed by atoms with Crippen molar-refractivity contribution in [3.63, 3.8) is 0 Å². The molecule has 0 saturated heterocycles. The maximum Gasteiger partial charge on any atom is 0.322 e. The van der Waals surface area contributed by atoms with Gasteiger partial charge in [0.15, 0.2) is 5.92 Å². The molecule has 1 aliphatic heterocycles. The highest BCUT2D eigenvalue weighted by molar-refractivity contribution is 5.96. The third-order valence-corrected chi connectivity index (χ3v) is 4.04. The molecule has 7 nitrogen and oxygen atoms in total. The minimum atomic E-state index is -1.16. The predicted molar refractivity (Wildman–Crippen MR) is 84.7 cm³/mol. The van der Waals surface area contributed by atoms with E-state index in [1.54, 1.807) is 26.2 Å². The molecule has 2 rings (SSSR count). The normalized spacial score (nSPS) is 16.5. The molecule has 0 aromatic carbocycles. The van der Waals surface area contributed by atoms with E-state index >= 15 is 0 Å². The van der Waals surface area contributed by atoms with Crippen LogP contribution in [0.4, 0.5) is 0 Å². The van der Waals surface area contributed by atoms with Gasteiger partial charge in [0.1, 0.15) is 0 Å². The van der Waals surface area contributed by atoms with Gasteiger partial charge in [0.2, 0.25) is 5.91 Å². The van der Waals surface area contributed by atoms with E-state index in [1.807, 2.05) is 6.07 Å². The van der Waals surface area contributed by atoms with Crippen LogP contribution in [-0.4, -0.2) is 47.0 Å². The van der Waals surface area contributed by atoms with Crippen molar-refractivity contribution in [3.05, 3.63) is 29.6 Å². The quantitative estimate of drug-likeness (QED) is 0.592. The first-order chi connectivity index (χ1) is 11.5. The molecule has 1 aromatic rings. The summed E-state index contributed by atoms with van der Waals surface area (Å²) in [6.07, 6.45) is 3.73. The van der Waals surface area contributed by atoms with Crippen LogP contribution in [0.25, 0.3) is 0 Å². The van der Waals surface area contributed by atoms with Gasteiger partial charge in [-0.05, 0) is 37.5 Å². The molecule has 0 fully saturated rings. The van der Waals surface area contributed by atoms with Crippen molar-refractivity contribution in [2.24, 2.45) is 5.92 Å². The molecule has 1 amide bonds. The summed E-state index contributed by atoms with van der Waals surface area (Å²) in [5, 5.41) is 0. The lowest BCUT2D eigenvalue weighted by molar-refractivity contribution is -0.166. The van der Waals surface area contributed by atoms with Gasteiger partial charge in [-0.3, -0.25) is 19.4 Å². The number of pyridine rings is 1. The van der Waals surface area contributed by atoms with Crippen molar-refractivity contribution in [2.45, 2.75) is 39.8 Å². The van der Waals surface area contributed by atoms with Crippen LogP contribution in [0.2, 0.25) is 0 Å². The van der Waals surface area contributed by atoms with Crippen molar-refractivity contribution in [1.29, 1.82) is 0 Å². The summed E-state index contributed by atoms with van der Waals surface area (Å²) in [4.78, 5) is 42.4. The molecule has 0 N–H and O–H groups in total. The smallest absolute Gasteiger partial charge is 0.322 e. The summed E-state index contributed by atoms with van der Waals surface area (Å²) < 4.78 is 10.1. The first-order valence-corrected chi connectivity index (χ1v) is 8.01. The minimum Gasteiger partial charge on any atom is -0.465 e. The Morgan fingerprint density at radius 1 is 1.21 bits per heavy atom. The largest absolute Gasteiger partial charge is 0.465 e. The van der Waals surface area contributed by atoms with Gasteiger partial charge in [0.25, 0.3) is 0 Å². The molecule has 0 bridgehead atoms. The molecule has 1 aliphatic rings. The van der Waals surface area contributed by atoms with Crippen molar-refractivity contribution >= 4 is 17.8 Å². The number of aromatic nitrogens is 1. The number of rotatable bonds is 5. The molecule has 0 aliphatic carbocycles. The Balaban J connectivity index is 2.39. The van der Waals surface area contributed by atoms with Gasteiger partial charge >= 0.3 is 11.9 Å². The fourth-order valence-corrected chi connectivity index (χ4v) is 2.95. The predicted octanol–water partition coefficient (Wildman–Crippen LogP) is 1.10. The third kappa shape index (κ3) is 3.72. The first-order valence-electron chi connectivity index (χ1n) is 8.01. The van der Waals surface area contributed by atoms with Crippen LogP contribution in [-0.2, 0) is 36.8 Å². The van der Waals surface area contributed by atoms with Crippen LogP contribution in [0.5, 0.6) is 0 Å². The Morgan fingerprint density at radius 3 is 2.38 bits per heavy atom. The molecule has 0 saturated carbocycles. The molecule has 0 spiro atoms. The average molecular weight is 334 g/mol. The lowest BCUT2D eigenvalue weighted by Crippen LogP contribution is -2.52. The number of ether oxygens (including phenoxy) is 2. The van der Waals surface area contributed by atoms with E-state index in [9.17, 15) is 14.4 Å². The SMILES string of the molecule is CCOC(=O)C(C(=O)OCC)C1Cc2ccncc2CN1C(C)=O. The number of hydrogen-bond donors (Lipinski definition) is 0. The van der Waals surface area contributed by atoms with Crippen LogP contribution in [0, 0.1) is 5.92 Å². The number of carbonyl (C=O) groups is 3. The second-order valence-electron chi connectivity index (χ2n) is 5.54. The molecule has 1 atom stereocenters. The van der Waals surface area contributed by atoms with Crippen molar-refractivity contribution in [3.8, 4) is 0 Å². The number of fused-ring (bicyclic) bond motifs is 1. The minimum absolute atomic E-state index is 0.155. The van der Waals surface area contributed by atoms with Gasteiger partial charge in [0, 0.05) is 25.9 Å². The zero-order valence-electron chi connectivity index (χ0n) is 14.2. The Kier molecular flexibility index (Phi) is 5.89. The number of hydrogen-bond acceptors (Lipinski definition) is 6. The zero-order valence-corrected chi connectivity index (χ0v) is 14.2. The number of esters is 2. The van der Waals surface area contributed by atoms with Crippen molar-refractivity contribution in [1.82, 2.24) is 9.88 Å². The summed E-state index contributed by atoms with van der Waals surface area (Å²) in [7, 11) is 0. The summed E-state index contributed by atoms with van der Waals surface area (Å²) in [5.41, 5.74) is 1.88. The maximum atomic E-state index is 12.4. The second kappa shape index (κ2) is 7.90. The lowest BCUT2D eigenvalue weighted by atomic mass is 9.87. The Bertz CT molecular complexity index is 613. The van der Waals surface area contributed by atoms with Crippen molar-refractivity contribution < 1.29 is 23.9 Å². The van der Waals surface area contributed by atoms with E-state index in [4.69, 9.17) is 9.47 Å². The van der Waals surface area contributed by atoms with Gasteiger partial charge < -0.3 is 14.4 Å². The van der Waals surface area contributed by atoms with Gasteiger partial charge in [-0.25, -0.2) is 0 Å². The van der Waals surface area contributed by atoms with E-state index < -0.39 is 23.9 Å². The highest BCUT2D eigenvalue weighted by Crippen LogP contribution is 2.28. The summed E-state index contributed by atoms with van der Waals surface area (Å²) >= 11 is 0. The number of nitrogens with zero attached hydrogens (tertiary/aromatic N) is 2. The number of amides is 1. The van der Waals surface area contributed by atoms with Crippen molar-refractivity contribution in [2.75, 3.05) is 13.2 Å². The second-order valence-corrected chi connectivity index (χ2v) is 5.54. The molecule has 1 aromatic heterocycles. The van der Waals surface area contributed by atoms with Crippen LogP contribution >= 0.6 is 0 Å². The molecule has 7 heteroatoms. The van der Waals surface area contributed by atoms with Crippen LogP contribution < -0.4 is 0 Å². The van der Waals surface area contributed by atoms with E-state index in [0.29, 0.717) is 13.0 Å². The van der Waals surface area contributed by atoms with Crippen LogP contribution in [0.3, 0.4) is 0 Å². The molecular formula is C17H22N2O5. The zero-order chi connectivity index (χ0) is 17.7. The fraction of sp³-hybridized carbons (Fsp3) is 0.529. The molecule has 24 heavy (non-hydrogen) atoms. The third-order valence-electron chi connectivity index (χ3n) is 4.04. The van der Waals surface area contributed by atoms with E-state index in [0.717, 1.165) is 11.1 Å². The lowest BCUT2D eigenvalue weighted by Gasteiger charge is -2.38. The Hall–Kier alpha value is -2.44. The molecule has 2 heterocycles. The topological polar surface area (TPSA) is 85.8 Å². The van der Waals surface area contributed by atoms with Crippen LogP contribution in [0.1, 0.15) is 31.9 Å². The van der Waals surface area contributed by atoms with Crippen LogP contribution in [0.15, 0.2) is 18.5 Å². The molecule has 130 valence electrons. The van der Waals surface area contributed by atoms with E-state index in [1.165, 1.54) is 11.8 Å². The molecule has 1 unspecified atom stereocenters.